The van der Waals surface area contributed by atoms with E-state index in [2.05, 4.69) is 37.2 Å². The van der Waals surface area contributed by atoms with Crippen molar-refractivity contribution < 1.29 is 0 Å². The number of nitrogens with one attached hydrogen (secondary N) is 2. The molecule has 10 heteroatoms. The first kappa shape index (κ1) is 19.9. The smallest absolute Gasteiger partial charge is 0.263 e. The van der Waals surface area contributed by atoms with E-state index in [1.165, 1.54) is 6.33 Å². The lowest BCUT2D eigenvalue weighted by molar-refractivity contribution is 0.216. The predicted octanol–water partition coefficient (Wildman–Crippen LogP) is 2.64. The molecule has 0 amide bonds. The van der Waals surface area contributed by atoms with Gasteiger partial charge in [0.1, 0.15) is 17.7 Å². The first-order valence-corrected chi connectivity index (χ1v) is 10.8. The molecule has 5 rings (SSSR count). The van der Waals surface area contributed by atoms with Gasteiger partial charge in [-0.3, -0.25) is 9.36 Å². The first-order valence-electron chi connectivity index (χ1n) is 10.4. The number of hydrogen-bond donors (Lipinski definition) is 2. The fraction of sp³-hybridized carbons (Fsp3) is 0.381. The summed E-state index contributed by atoms with van der Waals surface area (Å²) in [6.45, 7) is 2.47. The summed E-state index contributed by atoms with van der Waals surface area (Å²) in [7, 11) is 2.11. The van der Waals surface area contributed by atoms with Crippen LogP contribution in [0.3, 0.4) is 0 Å². The maximum absolute atomic E-state index is 13.5. The van der Waals surface area contributed by atoms with Gasteiger partial charge in [0.05, 0.1) is 22.3 Å². The van der Waals surface area contributed by atoms with Gasteiger partial charge in [-0.1, -0.05) is 17.7 Å². The van der Waals surface area contributed by atoms with Crippen molar-refractivity contribution in [1.82, 2.24) is 34.4 Å². The van der Waals surface area contributed by atoms with E-state index < -0.39 is 0 Å². The van der Waals surface area contributed by atoms with Crippen LogP contribution in [0.25, 0.3) is 22.1 Å². The molecule has 2 N–H and O–H groups in total. The van der Waals surface area contributed by atoms with Gasteiger partial charge in [0, 0.05) is 19.0 Å². The number of aromatic amines is 1. The number of rotatable bonds is 5. The Hall–Kier alpha value is -3.04. The normalized spacial score (nSPS) is 15.7. The third-order valence-electron chi connectivity index (χ3n) is 5.87. The molecule has 0 atom stereocenters. The molecular weight excluding hydrogens is 416 g/mol. The molecule has 3 aromatic heterocycles. The minimum Gasteiger partial charge on any atom is -0.368 e. The number of anilines is 1. The second-order valence-electron chi connectivity index (χ2n) is 7.87. The van der Waals surface area contributed by atoms with Crippen molar-refractivity contribution in [3.63, 3.8) is 0 Å². The molecule has 1 aromatic carbocycles. The van der Waals surface area contributed by atoms with Crippen molar-refractivity contribution >= 4 is 39.5 Å². The zero-order valence-electron chi connectivity index (χ0n) is 17.2. The van der Waals surface area contributed by atoms with Crippen LogP contribution in [-0.4, -0.2) is 61.1 Å². The summed E-state index contributed by atoms with van der Waals surface area (Å²) in [5.74, 6) is 1.44. The Balaban J connectivity index is 1.48. The van der Waals surface area contributed by atoms with Gasteiger partial charge in [0.15, 0.2) is 11.5 Å². The SMILES string of the molecule is CN1CCC(n2c(CCNc3ncnc4nc[nH]c34)nc3cccc(Cl)c3c2=O)CC1. The number of halogens is 1. The monoisotopic (exact) mass is 438 g/mol. The zero-order chi connectivity index (χ0) is 21.4. The largest absolute Gasteiger partial charge is 0.368 e. The minimum absolute atomic E-state index is 0.0573. The molecule has 0 bridgehead atoms. The van der Waals surface area contributed by atoms with Crippen LogP contribution in [0, 0.1) is 0 Å². The van der Waals surface area contributed by atoms with Gasteiger partial charge < -0.3 is 15.2 Å². The van der Waals surface area contributed by atoms with E-state index in [1.54, 1.807) is 12.4 Å². The molecule has 4 heterocycles. The Morgan fingerprint density at radius 1 is 1.23 bits per heavy atom. The highest BCUT2D eigenvalue weighted by atomic mass is 35.5. The summed E-state index contributed by atoms with van der Waals surface area (Å²) in [6, 6.07) is 5.54. The van der Waals surface area contributed by atoms with Crippen LogP contribution in [-0.2, 0) is 6.42 Å². The standard InChI is InChI=1S/C21H23ClN8O/c1-29-9-6-13(7-10-29)30-16(28-15-4-2-3-14(22)17(15)21(30)31)5-8-23-19-18-20(25-11-24-18)27-12-26-19/h2-4,11-13H,5-10H2,1H3,(H2,23,24,25,26,27). The van der Waals surface area contributed by atoms with Crippen LogP contribution in [0.1, 0.15) is 24.7 Å². The lowest BCUT2D eigenvalue weighted by atomic mass is 10.0. The van der Waals surface area contributed by atoms with Crippen molar-refractivity contribution in [3.05, 3.63) is 52.1 Å². The fourth-order valence-corrected chi connectivity index (χ4v) is 4.50. The Bertz CT molecular complexity index is 1290. The van der Waals surface area contributed by atoms with Crippen molar-refractivity contribution in [2.24, 2.45) is 0 Å². The summed E-state index contributed by atoms with van der Waals surface area (Å²) >= 11 is 6.38. The van der Waals surface area contributed by atoms with Crippen LogP contribution >= 0.6 is 11.6 Å². The third-order valence-corrected chi connectivity index (χ3v) is 6.18. The molecule has 0 spiro atoms. The molecular formula is C21H23ClN8O. The number of likely N-dealkylation sites (tertiary alicyclic amines) is 1. The molecule has 4 aromatic rings. The molecule has 9 nitrogen and oxygen atoms in total. The van der Waals surface area contributed by atoms with E-state index in [4.69, 9.17) is 16.6 Å². The van der Waals surface area contributed by atoms with E-state index in [1.807, 2.05) is 16.7 Å². The summed E-state index contributed by atoms with van der Waals surface area (Å²) in [5, 5.41) is 4.27. The number of imidazole rings is 1. The molecule has 1 aliphatic rings. The van der Waals surface area contributed by atoms with Gasteiger partial charge in [0.2, 0.25) is 0 Å². The highest BCUT2D eigenvalue weighted by molar-refractivity contribution is 6.35. The van der Waals surface area contributed by atoms with E-state index in [0.29, 0.717) is 40.4 Å². The minimum atomic E-state index is -0.0573. The average Bonchev–Trinajstić information content (AvgIpc) is 3.25. The van der Waals surface area contributed by atoms with Crippen molar-refractivity contribution in [3.8, 4) is 0 Å². The molecule has 0 aliphatic carbocycles. The zero-order valence-corrected chi connectivity index (χ0v) is 17.9. The Labute approximate surface area is 183 Å². The molecule has 0 saturated carbocycles. The maximum atomic E-state index is 13.5. The molecule has 0 unspecified atom stereocenters. The Kier molecular flexibility index (Phi) is 5.29. The van der Waals surface area contributed by atoms with Crippen LogP contribution in [0.15, 0.2) is 35.6 Å². The fourth-order valence-electron chi connectivity index (χ4n) is 4.25. The number of aromatic nitrogens is 6. The second kappa shape index (κ2) is 8.24. The molecule has 1 fully saturated rings. The second-order valence-corrected chi connectivity index (χ2v) is 8.28. The predicted molar refractivity (Wildman–Crippen MR) is 121 cm³/mol. The maximum Gasteiger partial charge on any atom is 0.263 e. The van der Waals surface area contributed by atoms with Gasteiger partial charge in [-0.25, -0.2) is 19.9 Å². The Morgan fingerprint density at radius 3 is 2.90 bits per heavy atom. The highest BCUT2D eigenvalue weighted by Gasteiger charge is 2.24. The number of H-pyrrole nitrogens is 1. The summed E-state index contributed by atoms with van der Waals surface area (Å²) in [6.07, 6.45) is 5.47. The van der Waals surface area contributed by atoms with Gasteiger partial charge in [-0.15, -0.1) is 0 Å². The van der Waals surface area contributed by atoms with Crippen LogP contribution in [0.4, 0.5) is 5.82 Å². The molecule has 1 aliphatic heterocycles. The van der Waals surface area contributed by atoms with E-state index in [0.717, 1.165) is 37.3 Å². The van der Waals surface area contributed by atoms with Gasteiger partial charge in [-0.05, 0) is 45.1 Å². The van der Waals surface area contributed by atoms with E-state index in [-0.39, 0.29) is 11.6 Å². The van der Waals surface area contributed by atoms with E-state index in [9.17, 15) is 4.79 Å². The molecule has 0 radical (unpaired) electrons. The number of benzene rings is 1. The van der Waals surface area contributed by atoms with Gasteiger partial charge in [0.25, 0.3) is 5.56 Å². The summed E-state index contributed by atoms with van der Waals surface area (Å²) < 4.78 is 1.87. The molecule has 160 valence electrons. The average molecular weight is 439 g/mol. The number of fused-ring (bicyclic) bond motifs is 2. The van der Waals surface area contributed by atoms with Gasteiger partial charge in [-0.2, -0.15) is 0 Å². The molecule has 1 saturated heterocycles. The highest BCUT2D eigenvalue weighted by Crippen LogP contribution is 2.25. The number of hydrogen-bond acceptors (Lipinski definition) is 7. The van der Waals surface area contributed by atoms with Crippen LogP contribution in [0.5, 0.6) is 0 Å². The van der Waals surface area contributed by atoms with Crippen molar-refractivity contribution in [1.29, 1.82) is 0 Å². The molecule has 31 heavy (non-hydrogen) atoms. The Morgan fingerprint density at radius 2 is 2.06 bits per heavy atom. The third kappa shape index (κ3) is 3.75. The topological polar surface area (TPSA) is 105 Å². The number of piperidine rings is 1. The van der Waals surface area contributed by atoms with Gasteiger partial charge >= 0.3 is 0 Å². The van der Waals surface area contributed by atoms with Crippen molar-refractivity contribution in [2.45, 2.75) is 25.3 Å². The lowest BCUT2D eigenvalue weighted by Crippen LogP contribution is -2.37. The van der Waals surface area contributed by atoms with Crippen LogP contribution < -0.4 is 10.9 Å². The first-order chi connectivity index (χ1) is 15.1. The summed E-state index contributed by atoms with van der Waals surface area (Å²) in [5.41, 5.74) is 1.94. The van der Waals surface area contributed by atoms with Crippen molar-refractivity contribution in [2.75, 3.05) is 32.0 Å². The van der Waals surface area contributed by atoms with Crippen LogP contribution in [0.2, 0.25) is 5.02 Å². The lowest BCUT2D eigenvalue weighted by Gasteiger charge is -2.31. The van der Waals surface area contributed by atoms with E-state index >= 15 is 0 Å². The summed E-state index contributed by atoms with van der Waals surface area (Å²) in [4.78, 5) is 36.3. The number of nitrogens with zero attached hydrogens (tertiary/aromatic N) is 6. The quantitative estimate of drug-likeness (QED) is 0.493.